The average molecular weight is 241 g/mol. The van der Waals surface area contributed by atoms with Crippen molar-refractivity contribution >= 4 is 11.9 Å². The molecule has 17 heavy (non-hydrogen) atoms. The Morgan fingerprint density at radius 1 is 1.35 bits per heavy atom. The Morgan fingerprint density at radius 3 is 2.35 bits per heavy atom. The molecule has 98 valence electrons. The zero-order valence-corrected chi connectivity index (χ0v) is 11.1. The fourth-order valence-electron chi connectivity index (χ4n) is 1.25. The minimum absolute atomic E-state index is 0.0827. The Balaban J connectivity index is 4.17. The maximum absolute atomic E-state index is 11.6. The number of aliphatic carboxylic acids is 1. The molecule has 0 heterocycles. The number of carboxylic acids is 1. The van der Waals surface area contributed by atoms with Gasteiger partial charge in [0.25, 0.3) is 0 Å². The van der Waals surface area contributed by atoms with E-state index in [1.165, 1.54) is 0 Å². The van der Waals surface area contributed by atoms with Crippen LogP contribution in [-0.2, 0) is 9.59 Å². The van der Waals surface area contributed by atoms with Crippen molar-refractivity contribution < 1.29 is 14.7 Å². The second-order valence-corrected chi connectivity index (χ2v) is 5.32. The van der Waals surface area contributed by atoms with Crippen molar-refractivity contribution in [2.75, 3.05) is 0 Å². The average Bonchev–Trinajstić information content (AvgIpc) is 2.19. The van der Waals surface area contributed by atoms with E-state index in [9.17, 15) is 9.59 Å². The smallest absolute Gasteiger partial charge is 0.326 e. The van der Waals surface area contributed by atoms with E-state index in [0.29, 0.717) is 12.8 Å². The summed E-state index contributed by atoms with van der Waals surface area (Å²) < 4.78 is 0. The van der Waals surface area contributed by atoms with Crippen LogP contribution in [0.1, 0.15) is 47.0 Å². The molecule has 4 heteroatoms. The van der Waals surface area contributed by atoms with Crippen LogP contribution in [-0.4, -0.2) is 23.0 Å². The van der Waals surface area contributed by atoms with Crippen LogP contribution >= 0.6 is 0 Å². The minimum Gasteiger partial charge on any atom is -0.480 e. The highest BCUT2D eigenvalue weighted by Crippen LogP contribution is 2.20. The molecule has 0 bridgehead atoms. The monoisotopic (exact) mass is 241 g/mol. The van der Waals surface area contributed by atoms with Gasteiger partial charge in [-0.1, -0.05) is 32.9 Å². The number of carboxylic acid groups (broad SMARTS) is 1. The van der Waals surface area contributed by atoms with Crippen molar-refractivity contribution in [3.05, 3.63) is 12.2 Å². The summed E-state index contributed by atoms with van der Waals surface area (Å²) in [6, 6.07) is -0.821. The molecule has 1 atom stereocenters. The van der Waals surface area contributed by atoms with Gasteiger partial charge in [-0.3, -0.25) is 4.79 Å². The molecule has 0 aromatic rings. The second-order valence-electron chi connectivity index (χ2n) is 5.32. The molecule has 0 aliphatic heterocycles. The van der Waals surface area contributed by atoms with Crippen molar-refractivity contribution in [1.82, 2.24) is 5.32 Å². The summed E-state index contributed by atoms with van der Waals surface area (Å²) in [4.78, 5) is 22.5. The minimum atomic E-state index is -0.993. The van der Waals surface area contributed by atoms with Crippen LogP contribution in [0, 0.1) is 5.41 Å². The number of allylic oxidation sites excluding steroid dienone is 1. The molecular weight excluding hydrogens is 218 g/mol. The predicted molar refractivity (Wildman–Crippen MR) is 67.7 cm³/mol. The van der Waals surface area contributed by atoms with E-state index < -0.39 is 12.0 Å². The molecule has 1 amide bonds. The number of rotatable bonds is 6. The lowest BCUT2D eigenvalue weighted by Gasteiger charge is -2.18. The Morgan fingerprint density at radius 2 is 1.94 bits per heavy atom. The lowest BCUT2D eigenvalue weighted by Crippen LogP contribution is -2.40. The molecular formula is C13H23NO3. The Hall–Kier alpha value is -1.32. The zero-order valence-electron chi connectivity index (χ0n) is 11.1. The van der Waals surface area contributed by atoms with E-state index in [4.69, 9.17) is 5.11 Å². The first kappa shape index (κ1) is 15.7. The molecule has 0 aromatic carbocycles. The van der Waals surface area contributed by atoms with E-state index >= 15 is 0 Å². The van der Waals surface area contributed by atoms with Crippen LogP contribution in [0.4, 0.5) is 0 Å². The van der Waals surface area contributed by atoms with Gasteiger partial charge in [0.05, 0.1) is 0 Å². The van der Waals surface area contributed by atoms with Gasteiger partial charge in [0, 0.05) is 6.42 Å². The van der Waals surface area contributed by atoms with E-state index in [1.807, 2.05) is 6.92 Å². The van der Waals surface area contributed by atoms with Gasteiger partial charge in [0.15, 0.2) is 0 Å². The SMILES string of the molecule is C/C=C/CC(NC(=O)CCC(C)(C)C)C(=O)O. The van der Waals surface area contributed by atoms with Crippen LogP contribution in [0.5, 0.6) is 0 Å². The largest absolute Gasteiger partial charge is 0.480 e. The molecule has 0 fully saturated rings. The van der Waals surface area contributed by atoms with Gasteiger partial charge in [-0.15, -0.1) is 0 Å². The van der Waals surface area contributed by atoms with Gasteiger partial charge in [-0.2, -0.15) is 0 Å². The predicted octanol–water partition coefficient (Wildman–Crippen LogP) is 2.35. The second kappa shape index (κ2) is 7.09. The van der Waals surface area contributed by atoms with Crippen LogP contribution in [0.15, 0.2) is 12.2 Å². The topological polar surface area (TPSA) is 66.4 Å². The van der Waals surface area contributed by atoms with Gasteiger partial charge in [-0.25, -0.2) is 4.79 Å². The Labute approximate surface area is 103 Å². The molecule has 0 aliphatic rings. The molecule has 0 rings (SSSR count). The summed E-state index contributed by atoms with van der Waals surface area (Å²) in [5.74, 6) is -1.19. The van der Waals surface area contributed by atoms with Crippen LogP contribution in [0.25, 0.3) is 0 Å². The highest BCUT2D eigenvalue weighted by molar-refractivity contribution is 5.83. The Kier molecular flexibility index (Phi) is 6.54. The van der Waals surface area contributed by atoms with E-state index in [0.717, 1.165) is 6.42 Å². The molecule has 0 saturated carbocycles. The van der Waals surface area contributed by atoms with Gasteiger partial charge in [0.1, 0.15) is 6.04 Å². The summed E-state index contributed by atoms with van der Waals surface area (Å²) in [6.07, 6.45) is 4.95. The maximum Gasteiger partial charge on any atom is 0.326 e. The third kappa shape index (κ3) is 8.48. The molecule has 0 spiro atoms. The number of carbonyl (C=O) groups is 2. The summed E-state index contributed by atoms with van der Waals surface area (Å²) in [6.45, 7) is 7.97. The van der Waals surface area contributed by atoms with Crippen LogP contribution < -0.4 is 5.32 Å². The molecule has 0 aliphatic carbocycles. The highest BCUT2D eigenvalue weighted by atomic mass is 16.4. The van der Waals surface area contributed by atoms with E-state index in [2.05, 4.69) is 26.1 Å². The third-order valence-electron chi connectivity index (χ3n) is 2.34. The molecule has 2 N–H and O–H groups in total. The summed E-state index contributed by atoms with van der Waals surface area (Å²) in [5.41, 5.74) is 0.0827. The van der Waals surface area contributed by atoms with Gasteiger partial charge in [0.2, 0.25) is 5.91 Å². The van der Waals surface area contributed by atoms with Gasteiger partial charge >= 0.3 is 5.97 Å². The highest BCUT2D eigenvalue weighted by Gasteiger charge is 2.19. The fourth-order valence-corrected chi connectivity index (χ4v) is 1.25. The lowest BCUT2D eigenvalue weighted by molar-refractivity contribution is -0.141. The first-order valence-electron chi connectivity index (χ1n) is 5.89. The molecule has 0 radical (unpaired) electrons. The van der Waals surface area contributed by atoms with Gasteiger partial charge < -0.3 is 10.4 Å². The molecule has 0 saturated heterocycles. The summed E-state index contributed by atoms with van der Waals surface area (Å²) >= 11 is 0. The van der Waals surface area contributed by atoms with Crippen molar-refractivity contribution in [3.8, 4) is 0 Å². The normalized spacial score (nSPS) is 13.6. The maximum atomic E-state index is 11.6. The van der Waals surface area contributed by atoms with Crippen molar-refractivity contribution in [2.24, 2.45) is 5.41 Å². The van der Waals surface area contributed by atoms with E-state index in [1.54, 1.807) is 12.2 Å². The first-order valence-corrected chi connectivity index (χ1v) is 5.89. The third-order valence-corrected chi connectivity index (χ3v) is 2.34. The van der Waals surface area contributed by atoms with Crippen LogP contribution in [0.3, 0.4) is 0 Å². The number of carbonyl (C=O) groups excluding carboxylic acids is 1. The number of nitrogens with one attached hydrogen (secondary N) is 1. The van der Waals surface area contributed by atoms with Crippen LogP contribution in [0.2, 0.25) is 0 Å². The lowest BCUT2D eigenvalue weighted by atomic mass is 9.90. The van der Waals surface area contributed by atoms with Gasteiger partial charge in [-0.05, 0) is 25.2 Å². The number of hydrogen-bond donors (Lipinski definition) is 2. The van der Waals surface area contributed by atoms with Crippen molar-refractivity contribution in [3.63, 3.8) is 0 Å². The Bertz CT molecular complexity index is 290. The summed E-state index contributed by atoms with van der Waals surface area (Å²) in [7, 11) is 0. The first-order chi connectivity index (χ1) is 7.76. The van der Waals surface area contributed by atoms with Crippen molar-refractivity contribution in [2.45, 2.75) is 53.0 Å². The molecule has 4 nitrogen and oxygen atoms in total. The molecule has 1 unspecified atom stereocenters. The quantitative estimate of drug-likeness (QED) is 0.701. The fraction of sp³-hybridized carbons (Fsp3) is 0.692. The summed E-state index contributed by atoms with van der Waals surface area (Å²) in [5, 5.41) is 11.5. The van der Waals surface area contributed by atoms with Crippen molar-refractivity contribution in [1.29, 1.82) is 0 Å². The zero-order chi connectivity index (χ0) is 13.5. The molecule has 0 aromatic heterocycles. The van der Waals surface area contributed by atoms with E-state index in [-0.39, 0.29) is 11.3 Å². The standard InChI is InChI=1S/C13H23NO3/c1-5-6-7-10(12(16)17)14-11(15)8-9-13(2,3)4/h5-6,10H,7-9H2,1-4H3,(H,14,15)(H,16,17)/b6-5+. The number of hydrogen-bond acceptors (Lipinski definition) is 2. The number of amides is 1.